The van der Waals surface area contributed by atoms with E-state index in [-0.39, 0.29) is 11.8 Å². The minimum Gasteiger partial charge on any atom is -0.272 e. The number of carbonyl (C=O) groups excluding carboxylic acids is 2. The number of nitrogens with zero attached hydrogens (tertiary/aromatic N) is 1. The van der Waals surface area contributed by atoms with E-state index in [1.54, 1.807) is 13.8 Å². The summed E-state index contributed by atoms with van der Waals surface area (Å²) >= 11 is 0. The van der Waals surface area contributed by atoms with Gasteiger partial charge in [-0.3, -0.25) is 20.0 Å². The fraction of sp³-hybridized carbons (Fsp3) is 0.714. The van der Waals surface area contributed by atoms with Crippen molar-refractivity contribution in [2.24, 2.45) is 5.41 Å². The Bertz CT molecular complexity index is 210. The summed E-state index contributed by atoms with van der Waals surface area (Å²) in [7, 11) is 0. The minimum absolute atomic E-state index is 0.148. The molecule has 11 heavy (non-hydrogen) atoms. The lowest BCUT2D eigenvalue weighted by molar-refractivity contribution is -0.137. The molecule has 0 aromatic heterocycles. The van der Waals surface area contributed by atoms with E-state index in [4.69, 9.17) is 0 Å². The van der Waals surface area contributed by atoms with Gasteiger partial charge in [-0.1, -0.05) is 0 Å². The van der Waals surface area contributed by atoms with E-state index in [1.807, 2.05) is 6.92 Å². The molecule has 0 aromatic rings. The molecule has 62 valence electrons. The fourth-order valence-corrected chi connectivity index (χ4v) is 0.970. The van der Waals surface area contributed by atoms with Crippen LogP contribution in [0.4, 0.5) is 0 Å². The van der Waals surface area contributed by atoms with Gasteiger partial charge in [0, 0.05) is 6.54 Å². The lowest BCUT2D eigenvalue weighted by atomic mass is 9.93. The Balaban J connectivity index is 2.89. The molecule has 0 aliphatic carbocycles. The lowest BCUT2D eigenvalue weighted by Gasteiger charge is -2.13. The summed E-state index contributed by atoms with van der Waals surface area (Å²) in [6.45, 7) is 5.59. The maximum absolute atomic E-state index is 11.3. The Morgan fingerprint density at radius 1 is 1.45 bits per heavy atom. The van der Waals surface area contributed by atoms with Crippen LogP contribution in [0.5, 0.6) is 0 Å². The molecule has 1 heterocycles. The van der Waals surface area contributed by atoms with Gasteiger partial charge in [-0.25, -0.2) is 0 Å². The van der Waals surface area contributed by atoms with Gasteiger partial charge >= 0.3 is 0 Å². The highest BCUT2D eigenvalue weighted by atomic mass is 16.2. The zero-order valence-corrected chi connectivity index (χ0v) is 6.97. The molecule has 4 nitrogen and oxygen atoms in total. The molecule has 0 radical (unpaired) electrons. The summed E-state index contributed by atoms with van der Waals surface area (Å²) < 4.78 is 0. The van der Waals surface area contributed by atoms with Gasteiger partial charge in [0.05, 0.1) is 0 Å². The van der Waals surface area contributed by atoms with Crippen molar-refractivity contribution in [3.05, 3.63) is 0 Å². The van der Waals surface area contributed by atoms with E-state index in [9.17, 15) is 9.59 Å². The van der Waals surface area contributed by atoms with Crippen LogP contribution in [0.25, 0.3) is 0 Å². The van der Waals surface area contributed by atoms with Crippen LogP contribution in [0.1, 0.15) is 20.8 Å². The number of rotatable bonds is 1. The number of nitrogens with one attached hydrogen (secondary N) is 1. The highest BCUT2D eigenvalue weighted by molar-refractivity contribution is 6.08. The van der Waals surface area contributed by atoms with Gasteiger partial charge in [0.2, 0.25) is 0 Å². The molecule has 0 atom stereocenters. The molecule has 1 aliphatic heterocycles. The van der Waals surface area contributed by atoms with Gasteiger partial charge in [-0.15, -0.1) is 0 Å². The lowest BCUT2D eigenvalue weighted by Crippen LogP contribution is -2.35. The van der Waals surface area contributed by atoms with Crippen LogP contribution in [0, 0.1) is 5.41 Å². The molecule has 0 saturated carbocycles. The highest BCUT2D eigenvalue weighted by Gasteiger charge is 2.45. The molecule has 0 unspecified atom stereocenters. The number of hydrazine groups is 1. The first kappa shape index (κ1) is 8.04. The largest absolute Gasteiger partial charge is 0.272 e. The van der Waals surface area contributed by atoms with Crippen molar-refractivity contribution in [3.63, 3.8) is 0 Å². The van der Waals surface area contributed by atoms with Crippen LogP contribution in [0.2, 0.25) is 0 Å². The smallest absolute Gasteiger partial charge is 0.256 e. The van der Waals surface area contributed by atoms with Gasteiger partial charge in [0.1, 0.15) is 5.41 Å². The second kappa shape index (κ2) is 2.22. The van der Waals surface area contributed by atoms with Crippen molar-refractivity contribution >= 4 is 11.8 Å². The Labute approximate surface area is 65.5 Å². The minimum atomic E-state index is -0.879. The Morgan fingerprint density at radius 2 is 2.00 bits per heavy atom. The molecular formula is C7H12N2O2. The summed E-state index contributed by atoms with van der Waals surface area (Å²) in [6.07, 6.45) is 0. The zero-order valence-electron chi connectivity index (χ0n) is 6.97. The van der Waals surface area contributed by atoms with Gasteiger partial charge < -0.3 is 0 Å². The molecule has 4 heteroatoms. The number of hydrogen-bond donors (Lipinski definition) is 1. The third-order valence-corrected chi connectivity index (χ3v) is 1.90. The van der Waals surface area contributed by atoms with E-state index in [1.165, 1.54) is 5.01 Å². The summed E-state index contributed by atoms with van der Waals surface area (Å²) in [5, 5.41) is 1.34. The van der Waals surface area contributed by atoms with E-state index in [2.05, 4.69) is 5.43 Å². The van der Waals surface area contributed by atoms with Crippen molar-refractivity contribution in [1.29, 1.82) is 0 Å². The third kappa shape index (κ3) is 0.982. The Kier molecular flexibility index (Phi) is 1.62. The molecule has 0 aromatic carbocycles. The third-order valence-electron chi connectivity index (χ3n) is 1.90. The normalized spacial score (nSPS) is 22.3. The van der Waals surface area contributed by atoms with Crippen LogP contribution in [0.15, 0.2) is 0 Å². The molecule has 1 aliphatic rings. The Morgan fingerprint density at radius 3 is 2.18 bits per heavy atom. The zero-order chi connectivity index (χ0) is 8.65. The highest BCUT2D eigenvalue weighted by Crippen LogP contribution is 2.23. The molecule has 1 rings (SSSR count). The van der Waals surface area contributed by atoms with E-state index in [0.29, 0.717) is 6.54 Å². The first-order valence-corrected chi connectivity index (χ1v) is 3.63. The average molecular weight is 156 g/mol. The second-order valence-electron chi connectivity index (χ2n) is 3.12. The van der Waals surface area contributed by atoms with Gasteiger partial charge in [0.25, 0.3) is 11.8 Å². The monoisotopic (exact) mass is 156 g/mol. The predicted octanol–water partition coefficient (Wildman–Crippen LogP) is -0.0941. The van der Waals surface area contributed by atoms with Gasteiger partial charge in [-0.2, -0.15) is 0 Å². The van der Waals surface area contributed by atoms with Crippen LogP contribution in [-0.2, 0) is 9.59 Å². The number of hydrogen-bond acceptors (Lipinski definition) is 2. The summed E-state index contributed by atoms with van der Waals surface area (Å²) in [4.78, 5) is 22.4. The Hall–Kier alpha value is -1.06. The average Bonchev–Trinajstić information content (AvgIpc) is 2.14. The molecule has 0 spiro atoms. The SMILES string of the molecule is CCN1NC(=O)C(C)(C)C1=O. The second-order valence-corrected chi connectivity index (χ2v) is 3.12. The van der Waals surface area contributed by atoms with E-state index < -0.39 is 5.41 Å². The van der Waals surface area contributed by atoms with Crippen molar-refractivity contribution in [1.82, 2.24) is 10.4 Å². The van der Waals surface area contributed by atoms with Crippen molar-refractivity contribution in [2.75, 3.05) is 6.54 Å². The first-order valence-electron chi connectivity index (χ1n) is 3.63. The van der Waals surface area contributed by atoms with E-state index >= 15 is 0 Å². The topological polar surface area (TPSA) is 49.4 Å². The molecule has 1 saturated heterocycles. The maximum Gasteiger partial charge on any atom is 0.256 e. The van der Waals surface area contributed by atoms with Crippen LogP contribution >= 0.6 is 0 Å². The summed E-state index contributed by atoms with van der Waals surface area (Å²) in [5.74, 6) is -0.366. The molecule has 0 bridgehead atoms. The predicted molar refractivity (Wildman–Crippen MR) is 39.3 cm³/mol. The van der Waals surface area contributed by atoms with Crippen molar-refractivity contribution in [2.45, 2.75) is 20.8 Å². The van der Waals surface area contributed by atoms with Gasteiger partial charge in [-0.05, 0) is 20.8 Å². The van der Waals surface area contributed by atoms with Crippen LogP contribution < -0.4 is 5.43 Å². The maximum atomic E-state index is 11.3. The van der Waals surface area contributed by atoms with E-state index in [0.717, 1.165) is 0 Å². The standard InChI is InChI=1S/C7H12N2O2/c1-4-9-6(11)7(2,3)5(10)8-9/h4H2,1-3H3,(H,8,10). The van der Waals surface area contributed by atoms with Crippen molar-refractivity contribution in [3.8, 4) is 0 Å². The molecular weight excluding hydrogens is 144 g/mol. The van der Waals surface area contributed by atoms with Crippen LogP contribution in [-0.4, -0.2) is 23.4 Å². The molecule has 1 N–H and O–H groups in total. The quantitative estimate of drug-likeness (QED) is 0.539. The number of amides is 2. The van der Waals surface area contributed by atoms with Crippen molar-refractivity contribution < 1.29 is 9.59 Å². The summed E-state index contributed by atoms with van der Waals surface area (Å²) in [5.41, 5.74) is 1.61. The van der Waals surface area contributed by atoms with Crippen LogP contribution in [0.3, 0.4) is 0 Å². The molecule has 2 amide bonds. The summed E-state index contributed by atoms with van der Waals surface area (Å²) in [6, 6.07) is 0. The molecule has 1 fully saturated rings. The number of carbonyl (C=O) groups is 2. The first-order chi connectivity index (χ1) is 5.00. The fourth-order valence-electron chi connectivity index (χ4n) is 0.970. The van der Waals surface area contributed by atoms with Gasteiger partial charge in [0.15, 0.2) is 0 Å².